The average Bonchev–Trinajstić information content (AvgIpc) is 2.01. The molecule has 0 aromatic heterocycles. The molecule has 1 N–H and O–H groups in total. The first-order valence-electron chi connectivity index (χ1n) is 4.02. The maximum absolute atomic E-state index is 10.9. The van der Waals surface area contributed by atoms with Gasteiger partial charge in [-0.25, -0.2) is 9.59 Å². The Hall–Kier alpha value is -1.26. The highest BCUT2D eigenvalue weighted by Crippen LogP contribution is 1.91. The van der Waals surface area contributed by atoms with Gasteiger partial charge in [-0.3, -0.25) is 0 Å². The van der Waals surface area contributed by atoms with Crippen LogP contribution in [0.5, 0.6) is 0 Å². The van der Waals surface area contributed by atoms with Crippen LogP contribution >= 0.6 is 0 Å². The van der Waals surface area contributed by atoms with Gasteiger partial charge >= 0.3 is 12.1 Å². The minimum Gasteiger partial charge on any atom is -0.467 e. The van der Waals surface area contributed by atoms with Gasteiger partial charge in [0.15, 0.2) is 0 Å². The molecule has 13 heavy (non-hydrogen) atoms. The minimum atomic E-state index is -0.684. The van der Waals surface area contributed by atoms with Crippen LogP contribution in [-0.2, 0) is 14.3 Å². The summed E-state index contributed by atoms with van der Waals surface area (Å²) in [5.41, 5.74) is 0. The van der Waals surface area contributed by atoms with E-state index < -0.39 is 18.1 Å². The SMILES string of the molecule is COC(=O)C(C)NC(=O)OC(C)C. The number of amides is 1. The molecule has 0 aromatic rings. The fraction of sp³-hybridized carbons (Fsp3) is 0.750. The number of hydrogen-bond acceptors (Lipinski definition) is 4. The molecule has 0 bridgehead atoms. The highest BCUT2D eigenvalue weighted by atomic mass is 16.6. The predicted octanol–water partition coefficient (Wildman–Crippen LogP) is 0.682. The van der Waals surface area contributed by atoms with E-state index in [0.717, 1.165) is 0 Å². The number of rotatable bonds is 3. The van der Waals surface area contributed by atoms with Crippen molar-refractivity contribution in [2.24, 2.45) is 0 Å². The third kappa shape index (κ3) is 5.05. The molecular weight excluding hydrogens is 174 g/mol. The van der Waals surface area contributed by atoms with Crippen molar-refractivity contribution in [1.29, 1.82) is 0 Å². The molecule has 0 fully saturated rings. The molecular formula is C8H15NO4. The van der Waals surface area contributed by atoms with Gasteiger partial charge < -0.3 is 14.8 Å². The maximum Gasteiger partial charge on any atom is 0.408 e. The Morgan fingerprint density at radius 3 is 2.15 bits per heavy atom. The smallest absolute Gasteiger partial charge is 0.408 e. The lowest BCUT2D eigenvalue weighted by atomic mass is 10.3. The van der Waals surface area contributed by atoms with E-state index in [4.69, 9.17) is 4.74 Å². The molecule has 0 saturated heterocycles. The van der Waals surface area contributed by atoms with Gasteiger partial charge in [-0.2, -0.15) is 0 Å². The number of methoxy groups -OCH3 is 1. The zero-order chi connectivity index (χ0) is 10.4. The molecule has 0 heterocycles. The standard InChI is InChI=1S/C8H15NO4/c1-5(2)13-8(11)9-6(3)7(10)12-4/h5-6H,1-4H3,(H,9,11). The lowest BCUT2D eigenvalue weighted by Crippen LogP contribution is -2.40. The quantitative estimate of drug-likeness (QED) is 0.663. The van der Waals surface area contributed by atoms with Crippen LogP contribution in [0, 0.1) is 0 Å². The predicted molar refractivity (Wildman–Crippen MR) is 46.2 cm³/mol. The molecule has 0 aromatic carbocycles. The summed E-state index contributed by atoms with van der Waals surface area (Å²) in [6.45, 7) is 4.97. The van der Waals surface area contributed by atoms with Gasteiger partial charge in [0.2, 0.25) is 0 Å². The van der Waals surface area contributed by atoms with Crippen LogP contribution in [0.3, 0.4) is 0 Å². The van der Waals surface area contributed by atoms with Gasteiger partial charge in [-0.15, -0.1) is 0 Å². The van der Waals surface area contributed by atoms with Crippen LogP contribution in [0.1, 0.15) is 20.8 Å². The zero-order valence-electron chi connectivity index (χ0n) is 8.29. The first-order chi connectivity index (χ1) is 5.97. The van der Waals surface area contributed by atoms with Crippen molar-refractivity contribution in [1.82, 2.24) is 5.32 Å². The molecule has 1 unspecified atom stereocenters. The molecule has 0 aliphatic carbocycles. The average molecular weight is 189 g/mol. The summed E-state index contributed by atoms with van der Waals surface area (Å²) in [5.74, 6) is -0.499. The van der Waals surface area contributed by atoms with Crippen molar-refractivity contribution in [2.75, 3.05) is 7.11 Å². The molecule has 0 aliphatic heterocycles. The Morgan fingerprint density at radius 2 is 1.77 bits per heavy atom. The summed E-state index contributed by atoms with van der Waals surface area (Å²) in [4.78, 5) is 21.8. The molecule has 1 amide bonds. The third-order valence-electron chi connectivity index (χ3n) is 1.23. The molecule has 0 spiro atoms. The zero-order valence-corrected chi connectivity index (χ0v) is 8.29. The van der Waals surface area contributed by atoms with E-state index in [1.807, 2.05) is 0 Å². The van der Waals surface area contributed by atoms with Gasteiger partial charge in [-0.05, 0) is 20.8 Å². The normalized spacial score (nSPS) is 12.1. The summed E-state index contributed by atoms with van der Waals surface area (Å²) in [6, 6.07) is -0.684. The van der Waals surface area contributed by atoms with Gasteiger partial charge in [0.25, 0.3) is 0 Å². The van der Waals surface area contributed by atoms with E-state index in [0.29, 0.717) is 0 Å². The van der Waals surface area contributed by atoms with Gasteiger partial charge in [0.1, 0.15) is 6.04 Å². The minimum absolute atomic E-state index is 0.204. The van der Waals surface area contributed by atoms with Gasteiger partial charge in [-0.1, -0.05) is 0 Å². The van der Waals surface area contributed by atoms with Crippen LogP contribution in [0.4, 0.5) is 4.79 Å². The number of ether oxygens (including phenoxy) is 2. The Kier molecular flexibility index (Phi) is 4.87. The van der Waals surface area contributed by atoms with Crippen molar-refractivity contribution in [3.05, 3.63) is 0 Å². The van der Waals surface area contributed by atoms with Crippen LogP contribution in [0.15, 0.2) is 0 Å². The molecule has 0 aliphatic rings. The van der Waals surface area contributed by atoms with Crippen molar-refractivity contribution < 1.29 is 19.1 Å². The van der Waals surface area contributed by atoms with E-state index in [9.17, 15) is 9.59 Å². The second kappa shape index (κ2) is 5.40. The third-order valence-corrected chi connectivity index (χ3v) is 1.23. The van der Waals surface area contributed by atoms with Crippen LogP contribution in [0.25, 0.3) is 0 Å². The number of hydrogen-bond donors (Lipinski definition) is 1. The molecule has 76 valence electrons. The molecule has 0 radical (unpaired) electrons. The molecule has 5 nitrogen and oxygen atoms in total. The number of alkyl carbamates (subject to hydrolysis) is 1. The van der Waals surface area contributed by atoms with Crippen molar-refractivity contribution in [3.63, 3.8) is 0 Å². The number of carbonyl (C=O) groups is 2. The van der Waals surface area contributed by atoms with E-state index >= 15 is 0 Å². The van der Waals surface area contributed by atoms with Crippen molar-refractivity contribution in [2.45, 2.75) is 32.9 Å². The fourth-order valence-electron chi connectivity index (χ4n) is 0.661. The lowest BCUT2D eigenvalue weighted by molar-refractivity contribution is -0.142. The Labute approximate surface area is 77.4 Å². The van der Waals surface area contributed by atoms with Crippen LogP contribution in [0.2, 0.25) is 0 Å². The number of nitrogens with one attached hydrogen (secondary N) is 1. The number of esters is 1. The summed E-state index contributed by atoms with van der Waals surface area (Å²) < 4.78 is 9.17. The van der Waals surface area contributed by atoms with Crippen LogP contribution in [-0.4, -0.2) is 31.3 Å². The summed E-state index contributed by atoms with van der Waals surface area (Å²) in [6.07, 6.45) is -0.822. The topological polar surface area (TPSA) is 64.6 Å². The number of carbonyl (C=O) groups excluding carboxylic acids is 2. The highest BCUT2D eigenvalue weighted by Gasteiger charge is 2.16. The van der Waals surface area contributed by atoms with Crippen molar-refractivity contribution in [3.8, 4) is 0 Å². The Bertz CT molecular complexity index is 191. The highest BCUT2D eigenvalue weighted by molar-refractivity contribution is 5.80. The largest absolute Gasteiger partial charge is 0.467 e. The van der Waals surface area contributed by atoms with Crippen molar-refractivity contribution >= 4 is 12.1 Å². The van der Waals surface area contributed by atoms with E-state index in [2.05, 4.69) is 10.1 Å². The van der Waals surface area contributed by atoms with Gasteiger partial charge in [0, 0.05) is 0 Å². The van der Waals surface area contributed by atoms with E-state index in [1.54, 1.807) is 13.8 Å². The second-order valence-corrected chi connectivity index (χ2v) is 2.84. The van der Waals surface area contributed by atoms with E-state index in [-0.39, 0.29) is 6.10 Å². The second-order valence-electron chi connectivity index (χ2n) is 2.84. The summed E-state index contributed by atoms with van der Waals surface area (Å²) >= 11 is 0. The Balaban J connectivity index is 3.85. The molecule has 0 rings (SSSR count). The summed E-state index contributed by atoms with van der Waals surface area (Å²) in [7, 11) is 1.26. The molecule has 5 heteroatoms. The Morgan fingerprint density at radius 1 is 1.23 bits per heavy atom. The molecule has 1 atom stereocenters. The first kappa shape index (κ1) is 11.7. The van der Waals surface area contributed by atoms with Crippen LogP contribution < -0.4 is 5.32 Å². The fourth-order valence-corrected chi connectivity index (χ4v) is 0.661. The maximum atomic E-state index is 10.9. The summed E-state index contributed by atoms with van der Waals surface area (Å²) in [5, 5.41) is 2.33. The monoisotopic (exact) mass is 189 g/mol. The lowest BCUT2D eigenvalue weighted by Gasteiger charge is -2.13. The van der Waals surface area contributed by atoms with E-state index in [1.165, 1.54) is 14.0 Å². The first-order valence-corrected chi connectivity index (χ1v) is 4.02. The molecule has 0 saturated carbocycles. The van der Waals surface area contributed by atoms with Gasteiger partial charge in [0.05, 0.1) is 13.2 Å².